The first-order valence-electron chi connectivity index (χ1n) is 11.6. The Bertz CT molecular complexity index is 1080. The Morgan fingerprint density at radius 2 is 1.72 bits per heavy atom. The molecule has 170 valence electrons. The molecule has 1 aliphatic carbocycles. The molecule has 5 heteroatoms. The standard InChI is InChI=1S/C27H33NO4/c1-16-11-13-18(27(3,4)5)15-20(16)24(29)22-23(21-14-12-17(2)32-21)28(26(31)25(22)30)19-9-7-6-8-10-19/h11-15,19,23,29H,6-10H2,1-5H3/b24-22+. The van der Waals surface area contributed by atoms with Gasteiger partial charge in [0.15, 0.2) is 0 Å². The fourth-order valence-corrected chi connectivity index (χ4v) is 4.95. The van der Waals surface area contributed by atoms with Gasteiger partial charge in [0.1, 0.15) is 23.3 Å². The van der Waals surface area contributed by atoms with Crippen molar-refractivity contribution in [2.75, 3.05) is 0 Å². The van der Waals surface area contributed by atoms with E-state index in [2.05, 4.69) is 20.8 Å². The first-order valence-corrected chi connectivity index (χ1v) is 11.6. The van der Waals surface area contributed by atoms with E-state index in [1.807, 2.05) is 44.2 Å². The molecule has 1 saturated carbocycles. The lowest BCUT2D eigenvalue weighted by Crippen LogP contribution is -2.40. The Balaban J connectivity index is 1.90. The maximum absolute atomic E-state index is 13.3. The average Bonchev–Trinajstić information content (AvgIpc) is 3.29. The monoisotopic (exact) mass is 435 g/mol. The summed E-state index contributed by atoms with van der Waals surface area (Å²) in [4.78, 5) is 28.2. The summed E-state index contributed by atoms with van der Waals surface area (Å²) >= 11 is 0. The number of hydrogen-bond acceptors (Lipinski definition) is 4. The predicted molar refractivity (Wildman–Crippen MR) is 124 cm³/mol. The summed E-state index contributed by atoms with van der Waals surface area (Å²) in [5.74, 6) is -0.0577. The second-order valence-electron chi connectivity index (χ2n) is 10.2. The van der Waals surface area contributed by atoms with Crippen LogP contribution < -0.4 is 0 Å². The van der Waals surface area contributed by atoms with Crippen molar-refractivity contribution in [3.63, 3.8) is 0 Å². The largest absolute Gasteiger partial charge is 0.507 e. The van der Waals surface area contributed by atoms with Crippen molar-refractivity contribution in [1.29, 1.82) is 0 Å². The number of aliphatic hydroxyl groups is 1. The number of benzene rings is 1. The fraction of sp³-hybridized carbons (Fsp3) is 0.481. The van der Waals surface area contributed by atoms with Gasteiger partial charge in [-0.1, -0.05) is 52.2 Å². The van der Waals surface area contributed by atoms with Crippen molar-refractivity contribution in [1.82, 2.24) is 4.90 Å². The van der Waals surface area contributed by atoms with Gasteiger partial charge in [-0.25, -0.2) is 0 Å². The second-order valence-corrected chi connectivity index (χ2v) is 10.2. The van der Waals surface area contributed by atoms with Crippen molar-refractivity contribution >= 4 is 17.4 Å². The molecular weight excluding hydrogens is 402 g/mol. The highest BCUT2D eigenvalue weighted by atomic mass is 16.3. The third kappa shape index (κ3) is 3.89. The smallest absolute Gasteiger partial charge is 0.296 e. The lowest BCUT2D eigenvalue weighted by Gasteiger charge is -2.34. The van der Waals surface area contributed by atoms with E-state index in [-0.39, 0.29) is 22.8 Å². The lowest BCUT2D eigenvalue weighted by molar-refractivity contribution is -0.142. The first-order chi connectivity index (χ1) is 15.1. The summed E-state index contributed by atoms with van der Waals surface area (Å²) in [6.45, 7) is 10.1. The minimum Gasteiger partial charge on any atom is -0.507 e. The first kappa shape index (κ1) is 22.4. The van der Waals surface area contributed by atoms with Crippen molar-refractivity contribution in [2.45, 2.75) is 84.2 Å². The summed E-state index contributed by atoms with van der Waals surface area (Å²) in [5.41, 5.74) is 2.51. The van der Waals surface area contributed by atoms with E-state index < -0.39 is 17.7 Å². The molecule has 4 rings (SSSR count). The molecule has 1 unspecified atom stereocenters. The van der Waals surface area contributed by atoms with Gasteiger partial charge in [0.2, 0.25) is 0 Å². The maximum atomic E-state index is 13.3. The number of nitrogens with zero attached hydrogens (tertiary/aromatic N) is 1. The molecule has 1 aliphatic heterocycles. The highest BCUT2D eigenvalue weighted by Crippen LogP contribution is 2.44. The van der Waals surface area contributed by atoms with Crippen LogP contribution in [0.25, 0.3) is 5.76 Å². The van der Waals surface area contributed by atoms with Gasteiger partial charge in [-0.15, -0.1) is 0 Å². The number of aliphatic hydroxyl groups excluding tert-OH is 1. The summed E-state index contributed by atoms with van der Waals surface area (Å²) < 4.78 is 5.92. The van der Waals surface area contributed by atoms with Crippen LogP contribution in [0.15, 0.2) is 40.3 Å². The molecule has 2 aromatic rings. The van der Waals surface area contributed by atoms with Crippen molar-refractivity contribution < 1.29 is 19.1 Å². The Morgan fingerprint density at radius 3 is 2.31 bits per heavy atom. The van der Waals surface area contributed by atoms with Crippen LogP contribution in [0.1, 0.15) is 87.1 Å². The van der Waals surface area contributed by atoms with Crippen molar-refractivity contribution in [3.8, 4) is 0 Å². The molecule has 0 bridgehead atoms. The van der Waals surface area contributed by atoms with E-state index in [0.29, 0.717) is 17.1 Å². The zero-order chi connectivity index (χ0) is 23.2. The van der Waals surface area contributed by atoms with E-state index in [0.717, 1.165) is 43.2 Å². The SMILES string of the molecule is Cc1ccc(C2/C(=C(\O)c3cc(C(C)(C)C)ccc3C)C(=O)C(=O)N2C2CCCCC2)o1. The Morgan fingerprint density at radius 1 is 1.03 bits per heavy atom. The quantitative estimate of drug-likeness (QED) is 0.367. The number of amides is 1. The van der Waals surface area contributed by atoms with Gasteiger partial charge in [0.05, 0.1) is 5.57 Å². The molecule has 1 aromatic carbocycles. The molecule has 2 fully saturated rings. The summed E-state index contributed by atoms with van der Waals surface area (Å²) in [6.07, 6.45) is 4.93. The van der Waals surface area contributed by atoms with Crippen LogP contribution in [0.3, 0.4) is 0 Å². The van der Waals surface area contributed by atoms with Crippen LogP contribution in [-0.2, 0) is 15.0 Å². The predicted octanol–water partition coefficient (Wildman–Crippen LogP) is 5.95. The molecule has 1 amide bonds. The topological polar surface area (TPSA) is 70.8 Å². The van der Waals surface area contributed by atoms with E-state index in [1.54, 1.807) is 4.90 Å². The van der Waals surface area contributed by atoms with Gasteiger partial charge in [0, 0.05) is 11.6 Å². The van der Waals surface area contributed by atoms with Gasteiger partial charge < -0.3 is 14.4 Å². The highest BCUT2D eigenvalue weighted by molar-refractivity contribution is 6.46. The third-order valence-corrected chi connectivity index (χ3v) is 6.84. The Hall–Kier alpha value is -2.82. The number of furan rings is 1. The van der Waals surface area contributed by atoms with E-state index in [4.69, 9.17) is 4.42 Å². The maximum Gasteiger partial charge on any atom is 0.296 e. The van der Waals surface area contributed by atoms with Gasteiger partial charge in [-0.3, -0.25) is 9.59 Å². The average molecular weight is 436 g/mol. The van der Waals surface area contributed by atoms with Crippen LogP contribution in [0.5, 0.6) is 0 Å². The fourth-order valence-electron chi connectivity index (χ4n) is 4.95. The number of carbonyl (C=O) groups excluding carboxylic acids is 2. The summed E-state index contributed by atoms with van der Waals surface area (Å²) in [7, 11) is 0. The van der Waals surface area contributed by atoms with Crippen LogP contribution >= 0.6 is 0 Å². The lowest BCUT2D eigenvalue weighted by atomic mass is 9.84. The number of rotatable bonds is 3. The van der Waals surface area contributed by atoms with Crippen LogP contribution in [0.2, 0.25) is 0 Å². The molecule has 1 saturated heterocycles. The second kappa shape index (κ2) is 8.27. The molecule has 0 spiro atoms. The molecule has 0 radical (unpaired) electrons. The van der Waals surface area contributed by atoms with Gasteiger partial charge >= 0.3 is 0 Å². The van der Waals surface area contributed by atoms with Crippen LogP contribution in [-0.4, -0.2) is 27.7 Å². The van der Waals surface area contributed by atoms with Gasteiger partial charge in [-0.2, -0.15) is 0 Å². The Labute approximate surface area is 190 Å². The molecule has 1 atom stereocenters. The molecule has 1 aromatic heterocycles. The molecule has 32 heavy (non-hydrogen) atoms. The highest BCUT2D eigenvalue weighted by Gasteiger charge is 2.50. The van der Waals surface area contributed by atoms with Crippen LogP contribution in [0, 0.1) is 13.8 Å². The number of hydrogen-bond donors (Lipinski definition) is 1. The number of ketones is 1. The minimum absolute atomic E-state index is 0.0251. The number of carbonyl (C=O) groups is 2. The van der Waals surface area contributed by atoms with Crippen molar-refractivity contribution in [2.24, 2.45) is 0 Å². The summed E-state index contributed by atoms with van der Waals surface area (Å²) in [5, 5.41) is 11.5. The number of likely N-dealkylation sites (tertiary alicyclic amines) is 1. The van der Waals surface area contributed by atoms with Gasteiger partial charge in [0.25, 0.3) is 11.7 Å². The van der Waals surface area contributed by atoms with E-state index in [9.17, 15) is 14.7 Å². The van der Waals surface area contributed by atoms with Gasteiger partial charge in [-0.05, 0) is 61.4 Å². The zero-order valence-corrected chi connectivity index (χ0v) is 19.7. The van der Waals surface area contributed by atoms with E-state index >= 15 is 0 Å². The van der Waals surface area contributed by atoms with E-state index in [1.165, 1.54) is 0 Å². The van der Waals surface area contributed by atoms with Crippen molar-refractivity contribution in [3.05, 3.63) is 64.1 Å². The zero-order valence-electron chi connectivity index (χ0n) is 19.7. The van der Waals surface area contributed by atoms with Crippen LogP contribution in [0.4, 0.5) is 0 Å². The summed E-state index contributed by atoms with van der Waals surface area (Å²) in [6, 6.07) is 8.85. The molecule has 1 N–H and O–H groups in total. The normalized spacial score (nSPS) is 22.0. The molecule has 5 nitrogen and oxygen atoms in total. The Kier molecular flexibility index (Phi) is 5.78. The minimum atomic E-state index is -0.704. The number of Topliss-reactive ketones (excluding diaryl/α,β-unsaturated/α-hetero) is 1. The number of aryl methyl sites for hydroxylation is 2. The molecular formula is C27H33NO4. The molecule has 2 aliphatic rings. The molecule has 2 heterocycles. The third-order valence-electron chi connectivity index (χ3n) is 6.84.